The van der Waals surface area contributed by atoms with Gasteiger partial charge in [0.15, 0.2) is 0 Å². The zero-order valence-corrected chi connectivity index (χ0v) is 12.3. The van der Waals surface area contributed by atoms with Crippen LogP contribution in [0.3, 0.4) is 0 Å². The lowest BCUT2D eigenvalue weighted by molar-refractivity contribution is 0.232. The summed E-state index contributed by atoms with van der Waals surface area (Å²) in [5, 5.41) is 3.50. The average Bonchev–Trinajstić information content (AvgIpc) is 2.34. The van der Waals surface area contributed by atoms with Crippen LogP contribution in [0.1, 0.15) is 39.5 Å². The minimum Gasteiger partial charge on any atom is -0.382 e. The van der Waals surface area contributed by atoms with E-state index in [4.69, 9.17) is 0 Å². The van der Waals surface area contributed by atoms with Crippen LogP contribution in [-0.4, -0.2) is 11.8 Å². The Morgan fingerprint density at radius 1 is 1.16 bits per heavy atom. The molecule has 0 saturated heterocycles. The summed E-state index contributed by atoms with van der Waals surface area (Å²) in [4.78, 5) is 0.616. The number of hydrogen-bond donors (Lipinski definition) is 1. The van der Waals surface area contributed by atoms with Crippen molar-refractivity contribution < 1.29 is 8.78 Å². The molecule has 1 N–H and O–H groups in total. The molecule has 0 unspecified atom stereocenters. The molecule has 0 amide bonds. The summed E-state index contributed by atoms with van der Waals surface area (Å²) in [6, 6.07) is 7.81. The van der Waals surface area contributed by atoms with Gasteiger partial charge in [-0.3, -0.25) is 0 Å². The third-order valence-corrected chi connectivity index (χ3v) is 4.51. The molecule has 0 spiro atoms. The first-order valence-corrected chi connectivity index (χ1v) is 7.64. The maximum Gasteiger partial charge on any atom is 0.288 e. The van der Waals surface area contributed by atoms with E-state index in [0.717, 1.165) is 5.69 Å². The number of hydrogen-bond acceptors (Lipinski definition) is 2. The first kappa shape index (κ1) is 14.6. The van der Waals surface area contributed by atoms with Crippen LogP contribution in [0.5, 0.6) is 0 Å². The minimum absolute atomic E-state index is 0.468. The van der Waals surface area contributed by atoms with Crippen molar-refractivity contribution >= 4 is 17.4 Å². The third kappa shape index (κ3) is 4.68. The second-order valence-corrected chi connectivity index (χ2v) is 7.05. The van der Waals surface area contributed by atoms with Crippen molar-refractivity contribution in [2.75, 3.05) is 5.32 Å². The SMILES string of the molecule is CC1(C)CCC(Nc2ccc(SC(F)F)cc2)CC1. The van der Waals surface area contributed by atoms with Crippen molar-refractivity contribution in [3.63, 3.8) is 0 Å². The predicted octanol–water partition coefficient (Wildman–Crippen LogP) is 5.38. The fourth-order valence-corrected chi connectivity index (χ4v) is 3.01. The maximum atomic E-state index is 12.2. The van der Waals surface area contributed by atoms with Gasteiger partial charge in [-0.1, -0.05) is 25.6 Å². The van der Waals surface area contributed by atoms with Crippen LogP contribution in [0.4, 0.5) is 14.5 Å². The lowest BCUT2D eigenvalue weighted by atomic mass is 9.75. The molecule has 0 aliphatic heterocycles. The largest absolute Gasteiger partial charge is 0.382 e. The number of thioether (sulfide) groups is 1. The molecule has 1 aromatic rings. The van der Waals surface area contributed by atoms with Gasteiger partial charge in [0.05, 0.1) is 0 Å². The van der Waals surface area contributed by atoms with Gasteiger partial charge in [-0.05, 0) is 55.4 Å². The van der Waals surface area contributed by atoms with Crippen molar-refractivity contribution in [3.05, 3.63) is 24.3 Å². The van der Waals surface area contributed by atoms with Gasteiger partial charge >= 0.3 is 0 Å². The molecule has 0 aromatic heterocycles. The molecular formula is C15H21F2NS. The van der Waals surface area contributed by atoms with Gasteiger partial charge < -0.3 is 5.32 Å². The van der Waals surface area contributed by atoms with E-state index in [1.807, 2.05) is 12.1 Å². The van der Waals surface area contributed by atoms with Crippen LogP contribution < -0.4 is 5.32 Å². The Bertz CT molecular complexity index is 393. The summed E-state index contributed by atoms with van der Waals surface area (Å²) in [6.07, 6.45) is 4.84. The first-order valence-electron chi connectivity index (χ1n) is 6.76. The van der Waals surface area contributed by atoms with Crippen LogP contribution in [0.2, 0.25) is 0 Å². The molecule has 0 radical (unpaired) electrons. The summed E-state index contributed by atoms with van der Waals surface area (Å²) in [5.74, 6) is -2.35. The summed E-state index contributed by atoms with van der Waals surface area (Å²) >= 11 is 0.592. The number of rotatable bonds is 4. The molecule has 0 atom stereocenters. The molecule has 2 rings (SSSR count). The Labute approximate surface area is 118 Å². The molecule has 19 heavy (non-hydrogen) atoms. The predicted molar refractivity (Wildman–Crippen MR) is 78.0 cm³/mol. The van der Waals surface area contributed by atoms with Gasteiger partial charge in [0.1, 0.15) is 0 Å². The van der Waals surface area contributed by atoms with E-state index in [-0.39, 0.29) is 0 Å². The summed E-state index contributed by atoms with van der Waals surface area (Å²) in [5.41, 5.74) is 1.50. The van der Waals surface area contributed by atoms with Crippen molar-refractivity contribution in [2.45, 2.75) is 56.2 Å². The zero-order valence-electron chi connectivity index (χ0n) is 11.5. The monoisotopic (exact) mass is 285 g/mol. The van der Waals surface area contributed by atoms with Gasteiger partial charge in [-0.2, -0.15) is 8.78 Å². The fourth-order valence-electron chi connectivity index (χ4n) is 2.51. The molecule has 106 valence electrons. The van der Waals surface area contributed by atoms with Crippen LogP contribution in [0.15, 0.2) is 29.2 Å². The standard InChI is InChI=1S/C15H21F2NS/c1-15(2)9-7-12(8-10-15)18-11-3-5-13(6-4-11)19-14(16)17/h3-6,12,14,18H,7-10H2,1-2H3. The second kappa shape index (κ2) is 6.12. The van der Waals surface area contributed by atoms with E-state index in [2.05, 4.69) is 19.2 Å². The minimum atomic E-state index is -2.35. The van der Waals surface area contributed by atoms with Crippen molar-refractivity contribution in [1.29, 1.82) is 0 Å². The van der Waals surface area contributed by atoms with Gasteiger partial charge in [-0.15, -0.1) is 0 Å². The molecular weight excluding hydrogens is 264 g/mol. The van der Waals surface area contributed by atoms with Crippen LogP contribution in [0, 0.1) is 5.41 Å². The highest BCUT2D eigenvalue weighted by Gasteiger charge is 2.26. The zero-order chi connectivity index (χ0) is 13.9. The summed E-state index contributed by atoms with van der Waals surface area (Å²) in [6.45, 7) is 4.64. The van der Waals surface area contributed by atoms with E-state index in [1.54, 1.807) is 12.1 Å². The highest BCUT2D eigenvalue weighted by atomic mass is 32.2. The average molecular weight is 285 g/mol. The number of halogens is 2. The smallest absolute Gasteiger partial charge is 0.288 e. The Morgan fingerprint density at radius 2 is 1.74 bits per heavy atom. The molecule has 0 bridgehead atoms. The van der Waals surface area contributed by atoms with Gasteiger partial charge in [0, 0.05) is 16.6 Å². The van der Waals surface area contributed by atoms with E-state index < -0.39 is 5.76 Å². The lowest BCUT2D eigenvalue weighted by Gasteiger charge is -2.35. The molecule has 1 aromatic carbocycles. The van der Waals surface area contributed by atoms with E-state index in [9.17, 15) is 8.78 Å². The number of nitrogens with one attached hydrogen (secondary N) is 1. The molecule has 0 heterocycles. The molecule has 1 nitrogen and oxygen atoms in total. The molecule has 1 aliphatic carbocycles. The number of anilines is 1. The highest BCUT2D eigenvalue weighted by molar-refractivity contribution is 7.99. The van der Waals surface area contributed by atoms with Crippen LogP contribution in [-0.2, 0) is 0 Å². The number of alkyl halides is 2. The van der Waals surface area contributed by atoms with E-state index >= 15 is 0 Å². The van der Waals surface area contributed by atoms with Crippen molar-refractivity contribution in [1.82, 2.24) is 0 Å². The quantitative estimate of drug-likeness (QED) is 0.745. The summed E-state index contributed by atoms with van der Waals surface area (Å²) < 4.78 is 24.4. The highest BCUT2D eigenvalue weighted by Crippen LogP contribution is 2.36. The Kier molecular flexibility index (Phi) is 4.71. The molecule has 1 aliphatic rings. The Morgan fingerprint density at radius 3 is 2.26 bits per heavy atom. The Hall–Kier alpha value is -0.770. The first-order chi connectivity index (χ1) is 8.94. The lowest BCUT2D eigenvalue weighted by Crippen LogP contribution is -2.29. The van der Waals surface area contributed by atoms with Crippen LogP contribution >= 0.6 is 11.8 Å². The summed E-state index contributed by atoms with van der Waals surface area (Å²) in [7, 11) is 0. The normalized spacial score (nSPS) is 19.6. The van der Waals surface area contributed by atoms with E-state index in [0.29, 0.717) is 28.1 Å². The topological polar surface area (TPSA) is 12.0 Å². The van der Waals surface area contributed by atoms with Gasteiger partial charge in [0.2, 0.25) is 0 Å². The molecule has 1 fully saturated rings. The third-order valence-electron chi connectivity index (χ3n) is 3.79. The van der Waals surface area contributed by atoms with Gasteiger partial charge in [-0.25, -0.2) is 0 Å². The van der Waals surface area contributed by atoms with Crippen molar-refractivity contribution in [2.24, 2.45) is 5.41 Å². The van der Waals surface area contributed by atoms with Crippen molar-refractivity contribution in [3.8, 4) is 0 Å². The maximum absolute atomic E-state index is 12.2. The molecule has 4 heteroatoms. The molecule has 1 saturated carbocycles. The fraction of sp³-hybridized carbons (Fsp3) is 0.600. The van der Waals surface area contributed by atoms with Gasteiger partial charge in [0.25, 0.3) is 5.76 Å². The second-order valence-electron chi connectivity index (χ2n) is 5.99. The van der Waals surface area contributed by atoms with Crippen LogP contribution in [0.25, 0.3) is 0 Å². The Balaban J connectivity index is 1.86. The number of benzene rings is 1. The van der Waals surface area contributed by atoms with E-state index in [1.165, 1.54) is 25.7 Å².